The second kappa shape index (κ2) is 4.06. The van der Waals surface area contributed by atoms with Crippen LogP contribution in [0.1, 0.15) is 13.8 Å². The van der Waals surface area contributed by atoms with Crippen LogP contribution in [0.15, 0.2) is 23.3 Å². The summed E-state index contributed by atoms with van der Waals surface area (Å²) in [6.07, 6.45) is 5.68. The number of ketones is 1. The Morgan fingerprint density at radius 3 is 2.30 bits per heavy atom. The molecule has 1 aliphatic rings. The van der Waals surface area contributed by atoms with E-state index < -0.39 is 0 Å². The van der Waals surface area contributed by atoms with Gasteiger partial charge in [0.25, 0.3) is 0 Å². The molecule has 0 N–H and O–H groups in total. The van der Waals surface area contributed by atoms with Crippen LogP contribution in [0.4, 0.5) is 0 Å². The fourth-order valence-electron chi connectivity index (χ4n) is 0.782. The number of hydrogen-bond acceptors (Lipinski definition) is 1. The molecule has 0 aliphatic heterocycles. The molecular weight excluding hydrogens is 316 g/mol. The second-order valence-electron chi connectivity index (χ2n) is 2.23. The molecule has 0 aromatic rings. The molecule has 1 rings (SSSR count). The summed E-state index contributed by atoms with van der Waals surface area (Å²) < 4.78 is 0. The van der Waals surface area contributed by atoms with Crippen LogP contribution in [-0.4, -0.2) is 33.1 Å². The van der Waals surface area contributed by atoms with Crippen molar-refractivity contribution in [2.75, 3.05) is 0 Å². The van der Waals surface area contributed by atoms with Gasteiger partial charge in [-0.25, -0.2) is 0 Å². The van der Waals surface area contributed by atoms with Crippen LogP contribution in [0.5, 0.6) is 0 Å². The Morgan fingerprint density at radius 2 is 2.10 bits per heavy atom. The van der Waals surface area contributed by atoms with E-state index in [4.69, 9.17) is 0 Å². The summed E-state index contributed by atoms with van der Waals surface area (Å²) in [4.78, 5) is 10.7. The minimum atomic E-state index is 0. The van der Waals surface area contributed by atoms with E-state index in [-0.39, 0.29) is 33.1 Å². The van der Waals surface area contributed by atoms with Crippen LogP contribution in [0.25, 0.3) is 0 Å². The topological polar surface area (TPSA) is 17.1 Å². The van der Waals surface area contributed by atoms with E-state index in [9.17, 15) is 4.79 Å². The Labute approximate surface area is 81.4 Å². The number of Topliss-reactive ketones (excluding diaryl/α,β-unsaturated/α-hetero) is 1. The number of hydrogen-bond donors (Lipinski definition) is 0. The van der Waals surface area contributed by atoms with Crippen molar-refractivity contribution in [1.82, 2.24) is 0 Å². The zero-order valence-corrected chi connectivity index (χ0v) is 10.7. The molecule has 2 radical (unpaired) electrons. The van der Waals surface area contributed by atoms with Crippen molar-refractivity contribution in [2.24, 2.45) is 0 Å². The van der Waals surface area contributed by atoms with Gasteiger partial charge in [0.1, 0.15) is 0 Å². The third kappa shape index (κ3) is 2.36. The molecule has 0 amide bonds. The van der Waals surface area contributed by atoms with E-state index in [1.165, 1.54) is 0 Å². The molecule has 50 valence electrons. The molecule has 2 heteroatoms. The van der Waals surface area contributed by atoms with Gasteiger partial charge in [0.2, 0.25) is 0 Å². The van der Waals surface area contributed by atoms with Crippen molar-refractivity contribution in [2.45, 2.75) is 13.8 Å². The summed E-state index contributed by atoms with van der Waals surface area (Å²) in [5, 5.41) is 0. The number of rotatable bonds is 1. The van der Waals surface area contributed by atoms with Crippen molar-refractivity contribution in [3.8, 4) is 0 Å². The van der Waals surface area contributed by atoms with Gasteiger partial charge in [0.05, 0.1) is 0 Å². The van der Waals surface area contributed by atoms with Gasteiger partial charge in [-0.05, 0) is 13.8 Å². The number of carbonyl (C=O) groups excluding carboxylic acids is 1. The molecule has 1 aliphatic carbocycles. The van der Waals surface area contributed by atoms with Crippen LogP contribution >= 0.6 is 0 Å². The Morgan fingerprint density at radius 1 is 1.50 bits per heavy atom. The fourth-order valence-corrected chi connectivity index (χ4v) is 0.782. The minimum absolute atomic E-state index is 0. The van der Waals surface area contributed by atoms with E-state index >= 15 is 0 Å². The summed E-state index contributed by atoms with van der Waals surface area (Å²) in [7, 11) is 0. The maximum atomic E-state index is 10.7. The molecule has 0 bridgehead atoms. The van der Waals surface area contributed by atoms with E-state index in [0.717, 1.165) is 11.1 Å². The van der Waals surface area contributed by atoms with Crippen molar-refractivity contribution < 1.29 is 4.79 Å². The van der Waals surface area contributed by atoms with E-state index in [0.29, 0.717) is 0 Å². The zero-order valence-electron chi connectivity index (χ0n) is 6.22. The van der Waals surface area contributed by atoms with Gasteiger partial charge in [-0.2, -0.15) is 0 Å². The summed E-state index contributed by atoms with van der Waals surface area (Å²) in [5.74, 6) is 0.142. The van der Waals surface area contributed by atoms with E-state index in [1.807, 2.05) is 25.5 Å². The normalized spacial score (nSPS) is 15.4. The molecule has 0 aromatic carbocycles. The molecule has 0 fully saturated rings. The Hall–Kier alpha value is 0.0721. The first-order valence-electron chi connectivity index (χ1n) is 2.94. The molecule has 0 unspecified atom stereocenters. The zero-order chi connectivity index (χ0) is 6.85. The molecule has 0 heterocycles. The smallest absolute Gasteiger partial charge is 0.156 e. The van der Waals surface area contributed by atoms with Gasteiger partial charge in [-0.3, -0.25) is 4.79 Å². The predicted octanol–water partition coefficient (Wildman–Crippen LogP) is 1.29. The Bertz CT molecular complexity index is 201. The summed E-state index contributed by atoms with van der Waals surface area (Å²) in [6, 6.07) is 0. The minimum Gasteiger partial charge on any atom is -0.295 e. The Balaban J connectivity index is 0.000000810. The average Bonchev–Trinajstić information content (AvgIpc) is 2.14. The third-order valence-corrected chi connectivity index (χ3v) is 1.32. The first-order valence-corrected chi connectivity index (χ1v) is 2.94. The van der Waals surface area contributed by atoms with Crippen LogP contribution in [0, 0.1) is 6.42 Å². The van der Waals surface area contributed by atoms with Gasteiger partial charge >= 0.3 is 0 Å². The van der Waals surface area contributed by atoms with E-state index in [2.05, 4.69) is 0 Å². The SMILES string of the molecule is CC(=O)C1=CC(C)=C[CH]1.[Tl]. The molecular formula is C8H9OTl. The fraction of sp³-hybridized carbons (Fsp3) is 0.250. The van der Waals surface area contributed by atoms with Crippen LogP contribution in [0.2, 0.25) is 0 Å². The van der Waals surface area contributed by atoms with Crippen LogP contribution in [-0.2, 0) is 4.79 Å². The average molecular weight is 326 g/mol. The summed E-state index contributed by atoms with van der Waals surface area (Å²) in [5.41, 5.74) is 1.97. The molecule has 1 nitrogen and oxygen atoms in total. The van der Waals surface area contributed by atoms with Crippen LogP contribution in [0.3, 0.4) is 0 Å². The molecule has 0 saturated carbocycles. The van der Waals surface area contributed by atoms with Gasteiger partial charge < -0.3 is 0 Å². The molecule has 0 saturated heterocycles. The first-order chi connectivity index (χ1) is 4.20. The number of carbonyl (C=O) groups is 1. The van der Waals surface area contributed by atoms with Crippen molar-refractivity contribution >= 4 is 33.1 Å². The summed E-state index contributed by atoms with van der Waals surface area (Å²) >= 11 is 0. The maximum absolute atomic E-state index is 10.7. The van der Waals surface area contributed by atoms with Crippen molar-refractivity contribution in [1.29, 1.82) is 0 Å². The van der Waals surface area contributed by atoms with Gasteiger partial charge in [-0.15, -0.1) is 0 Å². The number of allylic oxidation sites excluding steroid dienone is 4. The second-order valence-corrected chi connectivity index (χ2v) is 2.23. The van der Waals surface area contributed by atoms with Gasteiger partial charge in [-0.1, -0.05) is 17.7 Å². The monoisotopic (exact) mass is 326 g/mol. The predicted molar refractivity (Wildman–Crippen MR) is 42.6 cm³/mol. The molecule has 10 heavy (non-hydrogen) atoms. The summed E-state index contributed by atoms with van der Waals surface area (Å²) in [6.45, 7) is 3.56. The van der Waals surface area contributed by atoms with Gasteiger partial charge in [0, 0.05) is 39.3 Å². The quantitative estimate of drug-likeness (QED) is 0.664. The first kappa shape index (κ1) is 10.1. The Kier molecular flexibility index (Phi) is 4.09. The molecule has 0 spiro atoms. The largest absolute Gasteiger partial charge is 0.295 e. The molecule has 0 aromatic heterocycles. The standard InChI is InChI=1S/C8H9O.Tl/c1-6-3-4-8(5-6)7(2)9;/h3-5H,1-2H3;. The maximum Gasteiger partial charge on any atom is 0.156 e. The van der Waals surface area contributed by atoms with Crippen molar-refractivity contribution in [3.63, 3.8) is 0 Å². The van der Waals surface area contributed by atoms with Crippen molar-refractivity contribution in [3.05, 3.63) is 29.7 Å². The van der Waals surface area contributed by atoms with Gasteiger partial charge in [0.15, 0.2) is 5.78 Å². The third-order valence-electron chi connectivity index (χ3n) is 1.32. The molecule has 0 atom stereocenters. The van der Waals surface area contributed by atoms with Crippen LogP contribution < -0.4 is 0 Å². The van der Waals surface area contributed by atoms with E-state index in [1.54, 1.807) is 6.92 Å².